The van der Waals surface area contributed by atoms with Gasteiger partial charge in [-0.25, -0.2) is 9.78 Å². The van der Waals surface area contributed by atoms with E-state index >= 15 is 0 Å². The molecule has 1 unspecified atom stereocenters. The second-order valence-electron chi connectivity index (χ2n) is 17.6. The van der Waals surface area contributed by atoms with Crippen LogP contribution in [0.3, 0.4) is 0 Å². The number of hydrogen-bond acceptors (Lipinski definition) is 14. The average Bonchev–Trinajstić information content (AvgIpc) is 3.66. The van der Waals surface area contributed by atoms with Crippen LogP contribution in [0.2, 0.25) is 0 Å². The van der Waals surface area contributed by atoms with Crippen molar-refractivity contribution in [1.29, 1.82) is 5.26 Å². The van der Waals surface area contributed by atoms with Crippen LogP contribution in [0.5, 0.6) is 11.5 Å². The number of aryl methyl sites for hydroxylation is 1. The Balaban J connectivity index is 0.724. The highest BCUT2D eigenvalue weighted by molar-refractivity contribution is 6.24. The van der Waals surface area contributed by atoms with Gasteiger partial charge in [0.05, 0.1) is 43.1 Å². The van der Waals surface area contributed by atoms with E-state index in [1.807, 2.05) is 59.5 Å². The molecule has 3 aromatic carbocycles. The number of aromatic nitrogens is 2. The van der Waals surface area contributed by atoms with E-state index in [1.54, 1.807) is 31.6 Å². The summed E-state index contributed by atoms with van der Waals surface area (Å²) in [6.45, 7) is 1.43. The number of hydrogen-bond donors (Lipinski definition) is 4. The molecule has 4 heterocycles. The zero-order valence-electron chi connectivity index (χ0n) is 40.2. The van der Waals surface area contributed by atoms with E-state index in [4.69, 9.17) is 24.2 Å². The number of nitrogens with zero attached hydrogens (tertiary/aromatic N) is 5. The van der Waals surface area contributed by atoms with Crippen molar-refractivity contribution in [1.82, 2.24) is 30.4 Å². The van der Waals surface area contributed by atoms with Gasteiger partial charge in [-0.3, -0.25) is 43.9 Å². The second-order valence-corrected chi connectivity index (χ2v) is 17.6. The maximum Gasteiger partial charge on any atom is 0.322 e. The average molecular weight is 994 g/mol. The zero-order chi connectivity index (χ0) is 51.3. The summed E-state index contributed by atoms with van der Waals surface area (Å²) in [5, 5.41) is 20.5. The standard InChI is InChI=1S/C53H55N9O11/c1-60-32-37(10-22-48(60)65)36-8-13-39(14-9-36)61(40-15-11-38(12-16-40)58-45-20-7-35(29-54)31-56-45)53(69)57-30-34-5-17-41(18-6-34)72-28-27-71-26-25-70-24-23-55-47(64)33-73-44-4-2-3-42-49(44)52(68)62(51(42)67)43-19-21-46(63)59-50(43)66/h2-10,13-14,17-18,20,22,31-32,38,40,43H,11-12,15-16,19,21,23-28,30,33H2,1H3,(H,55,64)(H,56,58)(H,57,69)(H,59,63,66). The van der Waals surface area contributed by atoms with Crippen LogP contribution in [0.15, 0.2) is 108 Å². The number of carbonyl (C=O) groups excluding carboxylic acids is 6. The number of piperidine rings is 1. The van der Waals surface area contributed by atoms with E-state index in [0.717, 1.165) is 53.0 Å². The van der Waals surface area contributed by atoms with E-state index < -0.39 is 42.2 Å². The molecule has 4 N–H and O–H groups in total. The number of carbonyl (C=O) groups is 6. The molecule has 20 nitrogen and oxygen atoms in total. The maximum atomic E-state index is 14.1. The van der Waals surface area contributed by atoms with E-state index in [0.29, 0.717) is 43.5 Å². The third-order valence-electron chi connectivity index (χ3n) is 12.7. The molecule has 2 aromatic heterocycles. The topological polar surface area (TPSA) is 253 Å². The predicted octanol–water partition coefficient (Wildman–Crippen LogP) is 4.47. The number of ether oxygens (including phenoxy) is 4. The highest BCUT2D eigenvalue weighted by atomic mass is 16.5. The molecule has 0 bridgehead atoms. The molecule has 2 aliphatic heterocycles. The van der Waals surface area contributed by atoms with Crippen LogP contribution >= 0.6 is 0 Å². The first-order valence-electron chi connectivity index (χ1n) is 24.0. The van der Waals surface area contributed by atoms with Crippen LogP contribution in [-0.4, -0.2) is 114 Å². The highest BCUT2D eigenvalue weighted by Gasteiger charge is 2.46. The smallest absolute Gasteiger partial charge is 0.322 e. The van der Waals surface area contributed by atoms with Crippen molar-refractivity contribution in [3.63, 3.8) is 0 Å². The van der Waals surface area contributed by atoms with Crippen LogP contribution in [-0.2, 0) is 37.4 Å². The monoisotopic (exact) mass is 993 g/mol. The summed E-state index contributed by atoms with van der Waals surface area (Å²) in [5.41, 5.74) is 3.88. The minimum absolute atomic E-state index is 0.00292. The molecule has 378 valence electrons. The van der Waals surface area contributed by atoms with Crippen LogP contribution in [0, 0.1) is 11.3 Å². The van der Waals surface area contributed by atoms with Gasteiger partial charge in [0.1, 0.15) is 36.0 Å². The number of rotatable bonds is 21. The Bertz CT molecular complexity index is 2910. The van der Waals surface area contributed by atoms with E-state index in [1.165, 1.54) is 28.8 Å². The van der Waals surface area contributed by atoms with Crippen molar-refractivity contribution in [3.05, 3.63) is 136 Å². The first-order chi connectivity index (χ1) is 35.4. The van der Waals surface area contributed by atoms with Gasteiger partial charge in [-0.15, -0.1) is 0 Å². The van der Waals surface area contributed by atoms with Crippen LogP contribution in [0.1, 0.15) is 70.4 Å². The fourth-order valence-electron chi connectivity index (χ4n) is 8.87. The first-order valence-corrected chi connectivity index (χ1v) is 24.0. The molecule has 1 saturated heterocycles. The lowest BCUT2D eigenvalue weighted by atomic mass is 9.89. The molecule has 1 aliphatic carbocycles. The molecule has 1 atom stereocenters. The molecule has 20 heteroatoms. The fraction of sp³-hybridized carbons (Fsp3) is 0.340. The van der Waals surface area contributed by atoms with Gasteiger partial charge in [0.25, 0.3) is 17.7 Å². The number of anilines is 2. The highest BCUT2D eigenvalue weighted by Crippen LogP contribution is 2.34. The van der Waals surface area contributed by atoms with Gasteiger partial charge < -0.3 is 39.5 Å². The lowest BCUT2D eigenvalue weighted by molar-refractivity contribution is -0.136. The van der Waals surface area contributed by atoms with Gasteiger partial charge in [-0.2, -0.15) is 5.26 Å². The van der Waals surface area contributed by atoms with Crippen molar-refractivity contribution in [2.75, 3.05) is 56.4 Å². The normalized spacial score (nSPS) is 17.3. The maximum absolute atomic E-state index is 14.1. The molecule has 0 radical (unpaired) electrons. The van der Waals surface area contributed by atoms with Crippen molar-refractivity contribution in [2.45, 2.75) is 63.2 Å². The molecular formula is C53H55N9O11. The molecule has 3 aliphatic rings. The van der Waals surface area contributed by atoms with Gasteiger partial charge in [0, 0.05) is 62.8 Å². The summed E-state index contributed by atoms with van der Waals surface area (Å²) in [6, 6.07) is 27.4. The van der Waals surface area contributed by atoms with E-state index in [-0.39, 0.29) is 73.2 Å². The SMILES string of the molecule is Cn1cc(-c2ccc(N(C(=O)NCc3ccc(OCCOCCOCCNC(=O)COc4cccc5c4C(=O)N(C4CCC(=O)NC4=O)C5=O)cc3)C3CCC(Nc4ccc(C#N)cn4)CC3)cc2)ccc1=O. The first kappa shape index (κ1) is 51.0. The third kappa shape index (κ3) is 12.9. The van der Waals surface area contributed by atoms with Crippen molar-refractivity contribution >= 4 is 47.1 Å². The Kier molecular flexibility index (Phi) is 16.9. The molecule has 8 rings (SSSR count). The summed E-state index contributed by atoms with van der Waals surface area (Å²) >= 11 is 0. The van der Waals surface area contributed by atoms with Crippen LogP contribution in [0.4, 0.5) is 16.3 Å². The van der Waals surface area contributed by atoms with Gasteiger partial charge in [0.15, 0.2) is 6.61 Å². The number of pyridine rings is 2. The van der Waals surface area contributed by atoms with E-state index in [9.17, 15) is 33.6 Å². The summed E-state index contributed by atoms with van der Waals surface area (Å²) in [5.74, 6) is -1.69. The van der Waals surface area contributed by atoms with Gasteiger partial charge in [0.2, 0.25) is 17.4 Å². The van der Waals surface area contributed by atoms with Gasteiger partial charge >= 0.3 is 6.03 Å². The number of fused-ring (bicyclic) bond motifs is 1. The lowest BCUT2D eigenvalue weighted by Gasteiger charge is -2.37. The quantitative estimate of drug-likeness (QED) is 0.0585. The number of nitriles is 1. The Morgan fingerprint density at radius 1 is 0.795 bits per heavy atom. The summed E-state index contributed by atoms with van der Waals surface area (Å²) in [4.78, 5) is 95.8. The van der Waals surface area contributed by atoms with Crippen molar-refractivity contribution in [3.8, 4) is 28.7 Å². The van der Waals surface area contributed by atoms with Crippen LogP contribution < -0.4 is 41.2 Å². The van der Waals surface area contributed by atoms with Crippen molar-refractivity contribution in [2.24, 2.45) is 7.05 Å². The lowest BCUT2D eigenvalue weighted by Crippen LogP contribution is -2.54. The minimum atomic E-state index is -1.12. The Labute approximate surface area is 420 Å². The Hall–Kier alpha value is -8.41. The predicted molar refractivity (Wildman–Crippen MR) is 266 cm³/mol. The molecule has 1 saturated carbocycles. The number of urea groups is 1. The minimum Gasteiger partial charge on any atom is -0.491 e. The molecule has 5 aromatic rings. The van der Waals surface area contributed by atoms with Gasteiger partial charge in [-0.05, 0) is 103 Å². The summed E-state index contributed by atoms with van der Waals surface area (Å²) in [6.07, 6.45) is 6.53. The zero-order valence-corrected chi connectivity index (χ0v) is 40.2. The summed E-state index contributed by atoms with van der Waals surface area (Å²) in [7, 11) is 1.71. The molecular weight excluding hydrogens is 939 g/mol. The fourth-order valence-corrected chi connectivity index (χ4v) is 8.87. The number of benzene rings is 3. The summed E-state index contributed by atoms with van der Waals surface area (Å²) < 4.78 is 24.2. The molecule has 73 heavy (non-hydrogen) atoms. The van der Waals surface area contributed by atoms with Gasteiger partial charge in [-0.1, -0.05) is 30.3 Å². The van der Waals surface area contributed by atoms with E-state index in [2.05, 4.69) is 32.3 Å². The Morgan fingerprint density at radius 3 is 2.25 bits per heavy atom. The number of amides is 7. The Morgan fingerprint density at radius 2 is 1.53 bits per heavy atom. The number of imide groups is 2. The molecule has 2 fully saturated rings. The van der Waals surface area contributed by atoms with Crippen molar-refractivity contribution < 1.29 is 47.7 Å². The van der Waals surface area contributed by atoms with Crippen LogP contribution in [0.25, 0.3) is 11.1 Å². The third-order valence-corrected chi connectivity index (χ3v) is 12.7. The molecule has 7 amide bonds. The molecule has 0 spiro atoms. The number of nitrogens with one attached hydrogen (secondary N) is 4. The second kappa shape index (κ2) is 24.1. The largest absolute Gasteiger partial charge is 0.491 e.